The Morgan fingerprint density at radius 3 is 2.69 bits per heavy atom. The van der Waals surface area contributed by atoms with Gasteiger partial charge in [0.1, 0.15) is 0 Å². The third-order valence-electron chi connectivity index (χ3n) is 2.59. The van der Waals surface area contributed by atoms with Gasteiger partial charge in [-0.05, 0) is 44.9 Å². The third kappa shape index (κ3) is 3.46. The molecule has 1 N–H and O–H groups in total. The Hall–Kier alpha value is -1.15. The zero-order chi connectivity index (χ0) is 12.1. The quantitative estimate of drug-likeness (QED) is 0.767. The molecule has 0 aliphatic rings. The van der Waals surface area contributed by atoms with E-state index in [9.17, 15) is 0 Å². The lowest BCUT2D eigenvalue weighted by molar-refractivity contribution is 0.532. The summed E-state index contributed by atoms with van der Waals surface area (Å²) >= 11 is 0. The van der Waals surface area contributed by atoms with Crippen LogP contribution in [0.1, 0.15) is 43.1 Å². The van der Waals surface area contributed by atoms with E-state index in [1.54, 1.807) is 0 Å². The van der Waals surface area contributed by atoms with Gasteiger partial charge in [0.2, 0.25) is 0 Å². The average Bonchev–Trinajstić information content (AvgIpc) is 2.16. The smallest absolute Gasteiger partial charge is 0.0605 e. The summed E-state index contributed by atoms with van der Waals surface area (Å²) in [5.74, 6) is 0. The summed E-state index contributed by atoms with van der Waals surface area (Å²) in [6.45, 7) is 13.3. The lowest BCUT2D eigenvalue weighted by atomic mass is 10.0. The van der Waals surface area contributed by atoms with Crippen LogP contribution in [0.2, 0.25) is 0 Å². The number of nitrogens with zero attached hydrogens (tertiary/aromatic N) is 1. The average molecular weight is 218 g/mol. The highest BCUT2D eigenvalue weighted by Gasteiger charge is 2.14. The largest absolute Gasteiger partial charge is 0.309 e. The van der Waals surface area contributed by atoms with Crippen molar-refractivity contribution in [3.05, 3.63) is 41.2 Å². The highest BCUT2D eigenvalue weighted by atomic mass is 14.9. The van der Waals surface area contributed by atoms with Crippen LogP contribution in [0.5, 0.6) is 0 Å². The van der Waals surface area contributed by atoms with Gasteiger partial charge >= 0.3 is 0 Å². The summed E-state index contributed by atoms with van der Waals surface area (Å²) in [6.07, 6.45) is 2.88. The Bertz CT molecular complexity index is 369. The zero-order valence-corrected chi connectivity index (χ0v) is 10.8. The van der Waals surface area contributed by atoms with Crippen molar-refractivity contribution in [3.63, 3.8) is 0 Å². The molecule has 0 fully saturated rings. The molecule has 0 bridgehead atoms. The normalized spacial score (nSPS) is 12.5. The molecule has 0 radical (unpaired) electrons. The predicted molar refractivity (Wildman–Crippen MR) is 69.6 cm³/mol. The van der Waals surface area contributed by atoms with Gasteiger partial charge in [-0.15, -0.1) is 6.58 Å². The van der Waals surface area contributed by atoms with Gasteiger partial charge in [-0.25, -0.2) is 0 Å². The van der Waals surface area contributed by atoms with Gasteiger partial charge < -0.3 is 5.32 Å². The zero-order valence-electron chi connectivity index (χ0n) is 10.8. The molecule has 0 amide bonds. The molecule has 1 unspecified atom stereocenters. The number of nitrogens with one attached hydrogen (secondary N) is 1. The number of pyridine rings is 1. The van der Waals surface area contributed by atoms with E-state index in [2.05, 4.69) is 50.6 Å². The van der Waals surface area contributed by atoms with Crippen LogP contribution in [0.3, 0.4) is 0 Å². The fourth-order valence-corrected chi connectivity index (χ4v) is 1.95. The van der Waals surface area contributed by atoms with Gasteiger partial charge in [-0.2, -0.15) is 0 Å². The van der Waals surface area contributed by atoms with E-state index in [0.29, 0.717) is 6.04 Å². The fraction of sp³-hybridized carbons (Fsp3) is 0.500. The van der Waals surface area contributed by atoms with Crippen LogP contribution in [0, 0.1) is 13.8 Å². The van der Waals surface area contributed by atoms with Gasteiger partial charge in [0.05, 0.1) is 11.7 Å². The lowest BCUT2D eigenvalue weighted by Crippen LogP contribution is -2.23. The summed E-state index contributed by atoms with van der Waals surface area (Å²) in [4.78, 5) is 4.55. The minimum absolute atomic E-state index is 0.295. The first-order valence-corrected chi connectivity index (χ1v) is 5.85. The molecule has 1 atom stereocenters. The van der Waals surface area contributed by atoms with Crippen LogP contribution in [-0.2, 0) is 0 Å². The van der Waals surface area contributed by atoms with Crippen LogP contribution in [0.15, 0.2) is 24.4 Å². The van der Waals surface area contributed by atoms with Crippen molar-refractivity contribution in [2.45, 2.75) is 40.2 Å². The topological polar surface area (TPSA) is 24.9 Å². The van der Waals surface area contributed by atoms with E-state index in [0.717, 1.165) is 18.7 Å². The van der Waals surface area contributed by atoms with E-state index < -0.39 is 0 Å². The number of rotatable bonds is 5. The molecule has 2 heteroatoms. The standard InChI is InChI=1S/C14H22N2/c1-6-15-13(7-10(2)3)14-12(5)8-11(4)9-16-14/h8-9,13,15H,2,6-7H2,1,3-5H3. The Kier molecular flexibility index (Phi) is 4.69. The van der Waals surface area contributed by atoms with Gasteiger partial charge in [-0.1, -0.05) is 18.6 Å². The van der Waals surface area contributed by atoms with Crippen LogP contribution >= 0.6 is 0 Å². The third-order valence-corrected chi connectivity index (χ3v) is 2.59. The van der Waals surface area contributed by atoms with Crippen LogP contribution in [-0.4, -0.2) is 11.5 Å². The van der Waals surface area contributed by atoms with Crippen molar-refractivity contribution in [1.82, 2.24) is 10.3 Å². The van der Waals surface area contributed by atoms with Crippen LogP contribution in [0.25, 0.3) is 0 Å². The second-order valence-corrected chi connectivity index (χ2v) is 4.49. The van der Waals surface area contributed by atoms with Crippen LogP contribution < -0.4 is 5.32 Å². The second kappa shape index (κ2) is 5.80. The van der Waals surface area contributed by atoms with E-state index >= 15 is 0 Å². The maximum absolute atomic E-state index is 4.55. The van der Waals surface area contributed by atoms with Crippen molar-refractivity contribution >= 4 is 0 Å². The van der Waals surface area contributed by atoms with Crippen LogP contribution in [0.4, 0.5) is 0 Å². The maximum atomic E-state index is 4.55. The number of hydrogen-bond acceptors (Lipinski definition) is 2. The van der Waals surface area contributed by atoms with E-state index in [1.165, 1.54) is 16.7 Å². The van der Waals surface area contributed by atoms with Crippen molar-refractivity contribution in [2.24, 2.45) is 0 Å². The Balaban J connectivity index is 2.95. The molecule has 0 aliphatic carbocycles. The molecule has 0 aliphatic heterocycles. The molecule has 0 aromatic carbocycles. The number of aryl methyl sites for hydroxylation is 2. The Labute approximate surface area is 98.8 Å². The summed E-state index contributed by atoms with van der Waals surface area (Å²) in [5.41, 5.74) is 4.81. The summed E-state index contributed by atoms with van der Waals surface area (Å²) in [7, 11) is 0. The highest BCUT2D eigenvalue weighted by Crippen LogP contribution is 2.21. The molecule has 0 spiro atoms. The molecular formula is C14H22N2. The minimum atomic E-state index is 0.295. The molecule has 1 heterocycles. The Morgan fingerprint density at radius 1 is 1.50 bits per heavy atom. The predicted octanol–water partition coefficient (Wildman–Crippen LogP) is 3.32. The fourth-order valence-electron chi connectivity index (χ4n) is 1.95. The summed E-state index contributed by atoms with van der Waals surface area (Å²) < 4.78 is 0. The molecule has 16 heavy (non-hydrogen) atoms. The van der Waals surface area contributed by atoms with E-state index in [-0.39, 0.29) is 0 Å². The first kappa shape index (κ1) is 12.9. The molecule has 1 aromatic heterocycles. The van der Waals surface area contributed by atoms with E-state index in [1.807, 2.05) is 6.20 Å². The molecule has 88 valence electrons. The van der Waals surface area contributed by atoms with Crippen molar-refractivity contribution in [1.29, 1.82) is 0 Å². The monoisotopic (exact) mass is 218 g/mol. The van der Waals surface area contributed by atoms with Gasteiger partial charge in [0, 0.05) is 6.20 Å². The first-order chi connectivity index (χ1) is 7.54. The summed E-state index contributed by atoms with van der Waals surface area (Å²) in [5, 5.41) is 3.47. The lowest BCUT2D eigenvalue weighted by Gasteiger charge is -2.19. The second-order valence-electron chi connectivity index (χ2n) is 4.49. The molecule has 0 saturated heterocycles. The Morgan fingerprint density at radius 2 is 2.19 bits per heavy atom. The van der Waals surface area contributed by atoms with Crippen molar-refractivity contribution < 1.29 is 0 Å². The molecule has 1 aromatic rings. The first-order valence-electron chi connectivity index (χ1n) is 5.85. The molecule has 0 saturated carbocycles. The van der Waals surface area contributed by atoms with Gasteiger partial charge in [0.15, 0.2) is 0 Å². The highest BCUT2D eigenvalue weighted by molar-refractivity contribution is 5.26. The van der Waals surface area contributed by atoms with Crippen molar-refractivity contribution in [2.75, 3.05) is 6.54 Å². The molecular weight excluding hydrogens is 196 g/mol. The van der Waals surface area contributed by atoms with Crippen molar-refractivity contribution in [3.8, 4) is 0 Å². The number of hydrogen-bond donors (Lipinski definition) is 1. The molecule has 1 rings (SSSR count). The SMILES string of the molecule is C=C(C)CC(NCC)c1ncc(C)cc1C. The van der Waals surface area contributed by atoms with Gasteiger partial charge in [-0.3, -0.25) is 4.98 Å². The van der Waals surface area contributed by atoms with E-state index in [4.69, 9.17) is 0 Å². The minimum Gasteiger partial charge on any atom is -0.309 e. The van der Waals surface area contributed by atoms with Gasteiger partial charge in [0.25, 0.3) is 0 Å². The maximum Gasteiger partial charge on any atom is 0.0605 e. The number of aromatic nitrogens is 1. The molecule has 2 nitrogen and oxygen atoms in total. The summed E-state index contributed by atoms with van der Waals surface area (Å²) in [6, 6.07) is 2.48.